The molecule has 0 aliphatic rings. The number of ether oxygens (including phenoxy) is 4. The van der Waals surface area contributed by atoms with Gasteiger partial charge in [-0.15, -0.1) is 0 Å². The number of rotatable bonds is 10. The van der Waals surface area contributed by atoms with Gasteiger partial charge in [-0.1, -0.05) is 23.2 Å². The summed E-state index contributed by atoms with van der Waals surface area (Å²) in [6, 6.07) is 0. The highest BCUT2D eigenvalue weighted by atomic mass is 35.5. The van der Waals surface area contributed by atoms with Crippen LogP contribution in [0.5, 0.6) is 23.5 Å². The Labute approximate surface area is 169 Å². The topological polar surface area (TPSA) is 114 Å². The van der Waals surface area contributed by atoms with Gasteiger partial charge >= 0.3 is 0 Å². The smallest absolute Gasteiger partial charge is 0.235 e. The van der Waals surface area contributed by atoms with Crippen LogP contribution in [-0.4, -0.2) is 56.3 Å². The van der Waals surface area contributed by atoms with Crippen molar-refractivity contribution in [3.8, 4) is 23.5 Å². The third kappa shape index (κ3) is 6.63. The van der Waals surface area contributed by atoms with E-state index in [2.05, 4.69) is 29.9 Å². The monoisotopic (exact) mass is 424 g/mol. The van der Waals surface area contributed by atoms with Gasteiger partial charge < -0.3 is 18.9 Å². The first-order chi connectivity index (χ1) is 13.7. The van der Waals surface area contributed by atoms with Crippen LogP contribution in [0.4, 0.5) is 0 Å². The largest absolute Gasteiger partial charge is 0.473 e. The minimum atomic E-state index is 0.225. The lowest BCUT2D eigenvalue weighted by Crippen LogP contribution is -2.12. The highest BCUT2D eigenvalue weighted by Crippen LogP contribution is 2.13. The van der Waals surface area contributed by atoms with Crippen LogP contribution in [0.2, 0.25) is 10.3 Å². The van der Waals surface area contributed by atoms with E-state index in [0.717, 1.165) is 0 Å². The highest BCUT2D eigenvalue weighted by molar-refractivity contribution is 6.29. The van der Waals surface area contributed by atoms with Crippen LogP contribution >= 0.6 is 23.2 Å². The number of hydrogen-bond acceptors (Lipinski definition) is 10. The van der Waals surface area contributed by atoms with E-state index in [1.807, 2.05) is 0 Å². The van der Waals surface area contributed by atoms with Gasteiger partial charge in [0.05, 0.1) is 37.2 Å². The number of nitrogens with zero attached hydrogens (tertiary/aromatic N) is 6. The fourth-order valence-corrected chi connectivity index (χ4v) is 2.12. The summed E-state index contributed by atoms with van der Waals surface area (Å²) in [5, 5.41) is 0.501. The molecule has 146 valence electrons. The Hall–Kier alpha value is -2.98. The van der Waals surface area contributed by atoms with Crippen LogP contribution in [0, 0.1) is 0 Å². The summed E-state index contributed by atoms with van der Waals surface area (Å²) in [7, 11) is 0. The van der Waals surface area contributed by atoms with Crippen molar-refractivity contribution >= 4 is 23.2 Å². The average Bonchev–Trinajstić information content (AvgIpc) is 2.69. The Morgan fingerprint density at radius 1 is 0.500 bits per heavy atom. The van der Waals surface area contributed by atoms with Crippen LogP contribution in [0.1, 0.15) is 0 Å². The number of aromatic nitrogens is 6. The Kier molecular flexibility index (Phi) is 7.33. The minimum Gasteiger partial charge on any atom is -0.473 e. The van der Waals surface area contributed by atoms with E-state index in [-0.39, 0.29) is 36.7 Å². The third-order valence-electron chi connectivity index (χ3n) is 2.92. The molecular weight excluding hydrogens is 411 g/mol. The quantitative estimate of drug-likeness (QED) is 0.448. The molecule has 0 aromatic carbocycles. The first-order valence-corrected chi connectivity index (χ1v) is 8.73. The van der Waals surface area contributed by atoms with Crippen molar-refractivity contribution in [2.45, 2.75) is 0 Å². The molecule has 10 nitrogen and oxygen atoms in total. The van der Waals surface area contributed by atoms with Gasteiger partial charge in [0.25, 0.3) is 0 Å². The minimum absolute atomic E-state index is 0.225. The summed E-state index contributed by atoms with van der Waals surface area (Å²) in [6.45, 7) is 0.915. The lowest BCUT2D eigenvalue weighted by atomic mass is 10.6. The molecule has 0 bridgehead atoms. The van der Waals surface area contributed by atoms with E-state index in [1.54, 1.807) is 0 Å². The van der Waals surface area contributed by atoms with Crippen molar-refractivity contribution in [1.82, 2.24) is 29.9 Å². The average molecular weight is 425 g/mol. The second-order valence-corrected chi connectivity index (χ2v) is 5.72. The Morgan fingerprint density at radius 3 is 1.18 bits per heavy atom. The summed E-state index contributed by atoms with van der Waals surface area (Å²) in [6.07, 6.45) is 8.67. The van der Waals surface area contributed by atoms with Gasteiger partial charge in [-0.05, 0) is 0 Å². The van der Waals surface area contributed by atoms with Crippen LogP contribution in [0.3, 0.4) is 0 Å². The predicted molar refractivity (Wildman–Crippen MR) is 98.1 cm³/mol. The van der Waals surface area contributed by atoms with E-state index < -0.39 is 0 Å². The molecule has 0 amide bonds. The zero-order valence-electron chi connectivity index (χ0n) is 14.4. The molecule has 0 saturated heterocycles. The van der Waals surface area contributed by atoms with Gasteiger partial charge in [0.2, 0.25) is 23.5 Å². The van der Waals surface area contributed by atoms with Crippen LogP contribution < -0.4 is 18.9 Å². The van der Waals surface area contributed by atoms with Gasteiger partial charge in [-0.2, -0.15) is 15.0 Å². The number of halogens is 2. The van der Waals surface area contributed by atoms with E-state index in [1.165, 1.54) is 37.2 Å². The van der Waals surface area contributed by atoms with E-state index in [0.29, 0.717) is 23.5 Å². The Bertz CT molecular complexity index is 836. The molecule has 0 spiro atoms. The van der Waals surface area contributed by atoms with Crippen molar-refractivity contribution < 1.29 is 18.9 Å². The van der Waals surface area contributed by atoms with Crippen molar-refractivity contribution in [2.24, 2.45) is 0 Å². The van der Waals surface area contributed by atoms with E-state index in [4.69, 9.17) is 42.1 Å². The molecule has 0 atom stereocenters. The molecule has 3 heterocycles. The molecule has 0 fully saturated rings. The summed E-state index contributed by atoms with van der Waals surface area (Å²) in [5.41, 5.74) is 0. The first-order valence-electron chi connectivity index (χ1n) is 7.97. The summed E-state index contributed by atoms with van der Waals surface area (Å²) >= 11 is 11.5. The first kappa shape index (κ1) is 19.8. The van der Waals surface area contributed by atoms with Gasteiger partial charge in [0, 0.05) is 0 Å². The van der Waals surface area contributed by atoms with Crippen molar-refractivity contribution in [3.63, 3.8) is 0 Å². The number of hydrogen-bond donors (Lipinski definition) is 0. The van der Waals surface area contributed by atoms with Crippen molar-refractivity contribution in [2.75, 3.05) is 26.4 Å². The van der Waals surface area contributed by atoms with Crippen LogP contribution in [0.25, 0.3) is 0 Å². The van der Waals surface area contributed by atoms with Crippen LogP contribution in [0.15, 0.2) is 37.2 Å². The molecule has 0 saturated carbocycles. The molecular formula is C16H14Cl2N6O4. The Balaban J connectivity index is 1.37. The normalized spacial score (nSPS) is 10.4. The summed E-state index contributed by atoms with van der Waals surface area (Å²) < 4.78 is 21.7. The van der Waals surface area contributed by atoms with Gasteiger partial charge in [0.1, 0.15) is 26.4 Å². The molecule has 28 heavy (non-hydrogen) atoms. The molecule has 0 aliphatic heterocycles. The summed E-state index contributed by atoms with van der Waals surface area (Å²) in [5.74, 6) is 1.20. The fraction of sp³-hybridized carbons (Fsp3) is 0.250. The molecule has 12 heteroatoms. The maximum Gasteiger partial charge on any atom is 0.235 e. The molecule has 0 unspecified atom stereocenters. The maximum absolute atomic E-state index is 5.73. The molecule has 3 aromatic rings. The molecule has 0 aliphatic carbocycles. The SMILES string of the molecule is Clc1cncc(OCCOc2cncc(OCCOc3cncc(Cl)n3)n2)n1. The highest BCUT2D eigenvalue weighted by Gasteiger charge is 2.03. The summed E-state index contributed by atoms with van der Waals surface area (Å²) in [4.78, 5) is 23.8. The van der Waals surface area contributed by atoms with E-state index in [9.17, 15) is 0 Å². The molecule has 3 aromatic heterocycles. The predicted octanol–water partition coefficient (Wildman–Crippen LogP) is 2.28. The van der Waals surface area contributed by atoms with Crippen molar-refractivity contribution in [3.05, 3.63) is 47.5 Å². The zero-order valence-corrected chi connectivity index (χ0v) is 15.9. The zero-order chi connectivity index (χ0) is 19.6. The lowest BCUT2D eigenvalue weighted by molar-refractivity contribution is 0.193. The molecule has 0 N–H and O–H groups in total. The maximum atomic E-state index is 5.73. The van der Waals surface area contributed by atoms with E-state index >= 15 is 0 Å². The van der Waals surface area contributed by atoms with Gasteiger partial charge in [-0.3, -0.25) is 15.0 Å². The molecule has 3 rings (SSSR count). The second-order valence-electron chi connectivity index (χ2n) is 4.95. The third-order valence-corrected chi connectivity index (χ3v) is 3.29. The second kappa shape index (κ2) is 10.4. The standard InChI is InChI=1S/C16H14Cl2N6O4/c17-11-5-19-7-13(22-11)25-1-3-27-15-9-21-10-16(24-15)28-4-2-26-14-8-20-6-12(18)23-14/h5-10H,1-4H2. The van der Waals surface area contributed by atoms with Crippen LogP contribution in [-0.2, 0) is 0 Å². The Morgan fingerprint density at radius 2 is 0.821 bits per heavy atom. The van der Waals surface area contributed by atoms with Gasteiger partial charge in [0.15, 0.2) is 10.3 Å². The van der Waals surface area contributed by atoms with Gasteiger partial charge in [-0.25, -0.2) is 0 Å². The molecule has 0 radical (unpaired) electrons. The van der Waals surface area contributed by atoms with Crippen molar-refractivity contribution in [1.29, 1.82) is 0 Å². The fourth-order valence-electron chi connectivity index (χ4n) is 1.85. The lowest BCUT2D eigenvalue weighted by Gasteiger charge is -2.09.